The van der Waals surface area contributed by atoms with Gasteiger partial charge in [-0.1, -0.05) is 175 Å². The molecule has 0 N–H and O–H groups in total. The molecule has 0 saturated heterocycles. The zero-order chi connectivity index (χ0) is 39.7. The minimum absolute atomic E-state index is 0.940. The van der Waals surface area contributed by atoms with Crippen molar-refractivity contribution in [2.75, 3.05) is 0 Å². The molecule has 2 heterocycles. The highest BCUT2D eigenvalue weighted by atomic mass is 15.0. The molecular weight excluding hydrogens is 725 g/mol. The fourth-order valence-electron chi connectivity index (χ4n) is 9.47. The predicted octanol–water partition coefficient (Wildman–Crippen LogP) is 15.8. The second kappa shape index (κ2) is 13.7. The summed E-state index contributed by atoms with van der Waals surface area (Å²) in [6, 6.07) is 77.7. The van der Waals surface area contributed by atoms with E-state index in [0.29, 0.717) is 0 Å². The van der Waals surface area contributed by atoms with Crippen molar-refractivity contribution >= 4 is 64.9 Å². The molecular formula is C58H38N2. The average Bonchev–Trinajstić information content (AvgIpc) is 3.64. The Morgan fingerprint density at radius 2 is 0.850 bits per heavy atom. The van der Waals surface area contributed by atoms with Crippen LogP contribution in [0.15, 0.2) is 212 Å². The van der Waals surface area contributed by atoms with E-state index in [4.69, 9.17) is 4.98 Å². The largest absolute Gasteiger partial charge is 0.309 e. The molecule has 0 radical (unpaired) electrons. The molecule has 2 heteroatoms. The molecule has 0 atom stereocenters. The molecule has 0 saturated carbocycles. The summed E-state index contributed by atoms with van der Waals surface area (Å²) in [5.41, 5.74) is 13.6. The lowest BCUT2D eigenvalue weighted by molar-refractivity contribution is 1.16. The molecule has 0 fully saturated rings. The lowest BCUT2D eigenvalue weighted by atomic mass is 9.91. The Morgan fingerprint density at radius 3 is 1.58 bits per heavy atom. The molecule has 2 nitrogen and oxygen atoms in total. The minimum Gasteiger partial charge on any atom is -0.309 e. The predicted molar refractivity (Wildman–Crippen MR) is 255 cm³/mol. The summed E-state index contributed by atoms with van der Waals surface area (Å²) in [5.74, 6) is 0. The van der Waals surface area contributed by atoms with E-state index in [2.05, 4.69) is 224 Å². The summed E-state index contributed by atoms with van der Waals surface area (Å²) < 4.78 is 2.47. The summed E-state index contributed by atoms with van der Waals surface area (Å²) in [4.78, 5) is 5.28. The average molecular weight is 763 g/mol. The number of aryl methyl sites for hydroxylation is 1. The van der Waals surface area contributed by atoms with Gasteiger partial charge in [-0.15, -0.1) is 0 Å². The molecule has 0 amide bonds. The topological polar surface area (TPSA) is 17.8 Å². The third-order valence-electron chi connectivity index (χ3n) is 12.4. The number of hydrogen-bond donors (Lipinski definition) is 0. The Kier molecular flexibility index (Phi) is 7.79. The van der Waals surface area contributed by atoms with Gasteiger partial charge in [-0.3, -0.25) is 0 Å². The first-order valence-corrected chi connectivity index (χ1v) is 20.7. The fraction of sp³-hybridized carbons (Fsp3) is 0.0172. The summed E-state index contributed by atoms with van der Waals surface area (Å²) in [5, 5.41) is 12.5. The highest BCUT2D eigenvalue weighted by molar-refractivity contribution is 6.29. The van der Waals surface area contributed by atoms with Crippen LogP contribution >= 0.6 is 0 Å². The second-order valence-electron chi connectivity index (χ2n) is 16.0. The molecule has 280 valence electrons. The van der Waals surface area contributed by atoms with Crippen molar-refractivity contribution < 1.29 is 0 Å². The van der Waals surface area contributed by atoms with Crippen LogP contribution in [-0.2, 0) is 0 Å². The summed E-state index contributed by atoms with van der Waals surface area (Å²) in [6.07, 6.45) is 0. The van der Waals surface area contributed by atoms with Gasteiger partial charge in [0, 0.05) is 21.9 Å². The number of benzene rings is 10. The standard InChI is InChI=1S/C58H38N2/c1-37-23-25-38(26-24-37)42-27-29-49-47-20-10-11-21-48(47)52-36-58-54(35-51(52)50(49)31-42)53-32-43(46-22-12-18-39-13-8-9-19-45(39)46)28-30-57(53)60(58)44-33-55(40-14-4-2-5-15-40)59-56(34-44)41-16-6-3-7-17-41/h2-36H,1H3. The Bertz CT molecular complexity index is 3570. The van der Waals surface area contributed by atoms with Crippen molar-refractivity contribution in [1.82, 2.24) is 9.55 Å². The Morgan fingerprint density at radius 1 is 0.317 bits per heavy atom. The van der Waals surface area contributed by atoms with Gasteiger partial charge in [-0.2, -0.15) is 0 Å². The van der Waals surface area contributed by atoms with Crippen LogP contribution < -0.4 is 0 Å². The number of pyridine rings is 1. The third-order valence-corrected chi connectivity index (χ3v) is 12.4. The first-order chi connectivity index (χ1) is 29.6. The van der Waals surface area contributed by atoms with E-state index in [9.17, 15) is 0 Å². The van der Waals surface area contributed by atoms with Gasteiger partial charge < -0.3 is 4.57 Å². The third kappa shape index (κ3) is 5.53. The van der Waals surface area contributed by atoms with E-state index >= 15 is 0 Å². The molecule has 0 aliphatic heterocycles. The van der Waals surface area contributed by atoms with Crippen molar-refractivity contribution in [3.05, 3.63) is 218 Å². The van der Waals surface area contributed by atoms with Crippen molar-refractivity contribution in [1.29, 1.82) is 0 Å². The smallest absolute Gasteiger partial charge is 0.0730 e. The van der Waals surface area contributed by atoms with Crippen molar-refractivity contribution in [3.8, 4) is 50.5 Å². The first kappa shape index (κ1) is 34.3. The Balaban J connectivity index is 1.21. The maximum Gasteiger partial charge on any atom is 0.0730 e. The van der Waals surface area contributed by atoms with E-state index < -0.39 is 0 Å². The maximum absolute atomic E-state index is 5.28. The molecule has 0 bridgehead atoms. The first-order valence-electron chi connectivity index (χ1n) is 20.7. The van der Waals surface area contributed by atoms with Crippen molar-refractivity contribution in [2.45, 2.75) is 6.92 Å². The highest BCUT2D eigenvalue weighted by Gasteiger charge is 2.20. The second-order valence-corrected chi connectivity index (χ2v) is 16.0. The van der Waals surface area contributed by atoms with Gasteiger partial charge in [0.25, 0.3) is 0 Å². The van der Waals surface area contributed by atoms with Crippen LogP contribution in [0.3, 0.4) is 0 Å². The van der Waals surface area contributed by atoms with Crippen molar-refractivity contribution in [3.63, 3.8) is 0 Å². The highest BCUT2D eigenvalue weighted by Crippen LogP contribution is 2.44. The lowest BCUT2D eigenvalue weighted by Crippen LogP contribution is -1.98. The van der Waals surface area contributed by atoms with Crippen LogP contribution in [0.5, 0.6) is 0 Å². The Labute approximate surface area is 348 Å². The SMILES string of the molecule is Cc1ccc(-c2ccc3c4ccccc4c4cc5c(cc4c3c2)c2cc(-c3cccc4ccccc34)ccc2n5-c2cc(-c3ccccc3)nc(-c3ccccc3)c2)cc1. The van der Waals surface area contributed by atoms with E-state index in [1.807, 2.05) is 0 Å². The summed E-state index contributed by atoms with van der Waals surface area (Å²) in [6.45, 7) is 2.15. The van der Waals surface area contributed by atoms with Gasteiger partial charge in [0.15, 0.2) is 0 Å². The summed E-state index contributed by atoms with van der Waals surface area (Å²) >= 11 is 0. The van der Waals surface area contributed by atoms with E-state index in [0.717, 1.165) is 39.2 Å². The fourth-order valence-corrected chi connectivity index (χ4v) is 9.47. The van der Waals surface area contributed by atoms with Gasteiger partial charge in [0.05, 0.1) is 28.1 Å². The van der Waals surface area contributed by atoms with Gasteiger partial charge in [-0.05, 0) is 115 Å². The number of hydrogen-bond acceptors (Lipinski definition) is 1. The molecule has 10 aromatic carbocycles. The zero-order valence-electron chi connectivity index (χ0n) is 33.1. The molecule has 0 aliphatic carbocycles. The monoisotopic (exact) mass is 762 g/mol. The minimum atomic E-state index is 0.940. The van der Waals surface area contributed by atoms with Crippen LogP contribution in [0.2, 0.25) is 0 Å². The molecule has 12 rings (SSSR count). The van der Waals surface area contributed by atoms with E-state index in [1.165, 1.54) is 81.7 Å². The number of nitrogens with zero attached hydrogens (tertiary/aromatic N) is 2. The molecule has 0 aliphatic rings. The van der Waals surface area contributed by atoms with Crippen LogP contribution in [0.25, 0.3) is 115 Å². The van der Waals surface area contributed by atoms with Crippen LogP contribution in [-0.4, -0.2) is 9.55 Å². The van der Waals surface area contributed by atoms with Gasteiger partial charge in [0.2, 0.25) is 0 Å². The molecule has 2 aromatic heterocycles. The van der Waals surface area contributed by atoms with Crippen LogP contribution in [0.4, 0.5) is 0 Å². The number of aromatic nitrogens is 2. The maximum atomic E-state index is 5.28. The quantitative estimate of drug-likeness (QED) is 0.160. The van der Waals surface area contributed by atoms with Gasteiger partial charge >= 0.3 is 0 Å². The van der Waals surface area contributed by atoms with Crippen molar-refractivity contribution in [2.24, 2.45) is 0 Å². The molecule has 0 spiro atoms. The molecule has 12 aromatic rings. The van der Waals surface area contributed by atoms with E-state index in [1.54, 1.807) is 0 Å². The Hall–Kier alpha value is -7.81. The number of rotatable bonds is 5. The normalized spacial score (nSPS) is 11.8. The van der Waals surface area contributed by atoms with Gasteiger partial charge in [-0.25, -0.2) is 4.98 Å². The van der Waals surface area contributed by atoms with Crippen LogP contribution in [0.1, 0.15) is 5.56 Å². The number of fused-ring (bicyclic) bond motifs is 10. The van der Waals surface area contributed by atoms with Crippen LogP contribution in [0, 0.1) is 6.92 Å². The van der Waals surface area contributed by atoms with Gasteiger partial charge in [0.1, 0.15) is 0 Å². The molecule has 60 heavy (non-hydrogen) atoms. The molecule has 0 unspecified atom stereocenters. The zero-order valence-corrected chi connectivity index (χ0v) is 33.1. The summed E-state index contributed by atoms with van der Waals surface area (Å²) in [7, 11) is 0. The lowest BCUT2D eigenvalue weighted by Gasteiger charge is -2.15. The van der Waals surface area contributed by atoms with E-state index in [-0.39, 0.29) is 0 Å².